The molecule has 1 saturated carbocycles. The van der Waals surface area contributed by atoms with Crippen molar-refractivity contribution in [3.8, 4) is 0 Å². The molecule has 3 nitrogen and oxygen atoms in total. The minimum Gasteiger partial charge on any atom is -0.481 e. The summed E-state index contributed by atoms with van der Waals surface area (Å²) in [6, 6.07) is 18.1. The zero-order valence-electron chi connectivity index (χ0n) is 13.0. The van der Waals surface area contributed by atoms with Gasteiger partial charge in [-0.15, -0.1) is 0 Å². The summed E-state index contributed by atoms with van der Waals surface area (Å²) in [5, 5.41) is 13.1. The number of rotatable bonds is 5. The Labute approximate surface area is 131 Å². The standard InChI is InChI=1S/C19H21NO2/c1-18(2,17(21)22)15-10-6-7-11-16(15)20-19(12-13-19)14-8-4-3-5-9-14/h3-11,20H,12-13H2,1-2H3,(H,21,22). The second kappa shape index (κ2) is 5.16. The van der Waals surface area contributed by atoms with Crippen LogP contribution in [0, 0.1) is 0 Å². The number of carboxylic acids is 1. The van der Waals surface area contributed by atoms with Crippen LogP contribution in [-0.2, 0) is 15.7 Å². The number of para-hydroxylation sites is 1. The third-order valence-electron chi connectivity index (χ3n) is 4.59. The maximum atomic E-state index is 11.6. The Hall–Kier alpha value is -2.29. The van der Waals surface area contributed by atoms with Crippen LogP contribution in [0.2, 0.25) is 0 Å². The van der Waals surface area contributed by atoms with Crippen molar-refractivity contribution in [3.63, 3.8) is 0 Å². The van der Waals surface area contributed by atoms with Gasteiger partial charge in [-0.1, -0.05) is 48.5 Å². The van der Waals surface area contributed by atoms with Crippen LogP contribution in [0.25, 0.3) is 0 Å². The zero-order chi connectivity index (χ0) is 15.8. The fraction of sp³-hybridized carbons (Fsp3) is 0.316. The van der Waals surface area contributed by atoms with Gasteiger partial charge in [0.15, 0.2) is 0 Å². The van der Waals surface area contributed by atoms with E-state index in [9.17, 15) is 9.90 Å². The molecule has 2 N–H and O–H groups in total. The highest BCUT2D eigenvalue weighted by atomic mass is 16.4. The molecule has 0 atom stereocenters. The molecule has 0 spiro atoms. The second-order valence-corrected chi connectivity index (χ2v) is 6.55. The third kappa shape index (κ3) is 2.47. The second-order valence-electron chi connectivity index (χ2n) is 6.55. The molecule has 3 rings (SSSR count). The summed E-state index contributed by atoms with van der Waals surface area (Å²) in [5.41, 5.74) is 2.03. The Morgan fingerprint density at radius 2 is 1.64 bits per heavy atom. The largest absolute Gasteiger partial charge is 0.481 e. The summed E-state index contributed by atoms with van der Waals surface area (Å²) in [6.07, 6.45) is 2.14. The van der Waals surface area contributed by atoms with Crippen molar-refractivity contribution in [2.45, 2.75) is 37.6 Å². The molecule has 1 aliphatic carbocycles. The summed E-state index contributed by atoms with van der Waals surface area (Å²) in [6.45, 7) is 3.50. The molecule has 114 valence electrons. The van der Waals surface area contributed by atoms with E-state index in [0.29, 0.717) is 0 Å². The van der Waals surface area contributed by atoms with Gasteiger partial charge in [0.05, 0.1) is 11.0 Å². The van der Waals surface area contributed by atoms with Crippen LogP contribution in [-0.4, -0.2) is 11.1 Å². The molecule has 1 aliphatic rings. The molecule has 22 heavy (non-hydrogen) atoms. The number of benzene rings is 2. The minimum absolute atomic E-state index is 0.0497. The Balaban J connectivity index is 1.96. The minimum atomic E-state index is -0.920. The van der Waals surface area contributed by atoms with E-state index >= 15 is 0 Å². The molecule has 0 aromatic heterocycles. The summed E-state index contributed by atoms with van der Waals surface area (Å²) >= 11 is 0. The van der Waals surface area contributed by atoms with Crippen molar-refractivity contribution in [2.75, 3.05) is 5.32 Å². The van der Waals surface area contributed by atoms with E-state index in [1.165, 1.54) is 5.56 Å². The van der Waals surface area contributed by atoms with E-state index in [0.717, 1.165) is 24.1 Å². The van der Waals surface area contributed by atoms with Gasteiger partial charge in [0.25, 0.3) is 0 Å². The van der Waals surface area contributed by atoms with Crippen LogP contribution in [0.1, 0.15) is 37.8 Å². The summed E-state index contributed by atoms with van der Waals surface area (Å²) in [7, 11) is 0. The Kier molecular flexibility index (Phi) is 3.44. The lowest BCUT2D eigenvalue weighted by Crippen LogP contribution is -2.31. The van der Waals surface area contributed by atoms with Crippen molar-refractivity contribution in [2.24, 2.45) is 0 Å². The predicted molar refractivity (Wildman–Crippen MR) is 88.1 cm³/mol. The molecular formula is C19H21NO2. The fourth-order valence-electron chi connectivity index (χ4n) is 2.88. The molecular weight excluding hydrogens is 274 g/mol. The SMILES string of the molecule is CC(C)(C(=O)O)c1ccccc1NC1(c2ccccc2)CC1. The highest BCUT2D eigenvalue weighted by Gasteiger charge is 2.45. The summed E-state index contributed by atoms with van der Waals surface area (Å²) in [5.74, 6) is -0.814. The van der Waals surface area contributed by atoms with Gasteiger partial charge in [-0.25, -0.2) is 0 Å². The molecule has 0 aliphatic heterocycles. The molecule has 0 radical (unpaired) electrons. The van der Waals surface area contributed by atoms with Crippen molar-refractivity contribution >= 4 is 11.7 Å². The molecule has 0 saturated heterocycles. The summed E-state index contributed by atoms with van der Waals surface area (Å²) in [4.78, 5) is 11.6. The molecule has 0 heterocycles. The molecule has 2 aromatic carbocycles. The number of hydrogen-bond donors (Lipinski definition) is 2. The maximum Gasteiger partial charge on any atom is 0.313 e. The van der Waals surface area contributed by atoms with Gasteiger partial charge in [0, 0.05) is 5.69 Å². The number of carboxylic acid groups (broad SMARTS) is 1. The Morgan fingerprint density at radius 3 is 2.23 bits per heavy atom. The van der Waals surface area contributed by atoms with Gasteiger partial charge < -0.3 is 10.4 Å². The predicted octanol–water partition coefficient (Wildman–Crippen LogP) is 4.15. The van der Waals surface area contributed by atoms with Crippen LogP contribution in [0.5, 0.6) is 0 Å². The topological polar surface area (TPSA) is 49.3 Å². The van der Waals surface area contributed by atoms with Crippen molar-refractivity contribution in [1.29, 1.82) is 0 Å². The van der Waals surface area contributed by atoms with Gasteiger partial charge in [-0.3, -0.25) is 4.79 Å². The van der Waals surface area contributed by atoms with Gasteiger partial charge in [-0.05, 0) is 43.9 Å². The third-order valence-corrected chi connectivity index (χ3v) is 4.59. The molecule has 0 bridgehead atoms. The fourth-order valence-corrected chi connectivity index (χ4v) is 2.88. The molecule has 0 amide bonds. The van der Waals surface area contributed by atoms with Crippen LogP contribution in [0.4, 0.5) is 5.69 Å². The van der Waals surface area contributed by atoms with Crippen LogP contribution in [0.15, 0.2) is 54.6 Å². The number of aliphatic carboxylic acids is 1. The first-order valence-corrected chi connectivity index (χ1v) is 7.62. The Bertz CT molecular complexity index is 688. The molecule has 3 heteroatoms. The Morgan fingerprint density at radius 1 is 1.05 bits per heavy atom. The highest BCUT2D eigenvalue weighted by molar-refractivity contribution is 5.83. The van der Waals surface area contributed by atoms with Crippen molar-refractivity contribution in [3.05, 3.63) is 65.7 Å². The maximum absolute atomic E-state index is 11.6. The van der Waals surface area contributed by atoms with Gasteiger partial charge >= 0.3 is 5.97 Å². The van der Waals surface area contributed by atoms with E-state index in [4.69, 9.17) is 0 Å². The smallest absolute Gasteiger partial charge is 0.313 e. The molecule has 0 unspecified atom stereocenters. The van der Waals surface area contributed by atoms with Gasteiger partial charge in [0.1, 0.15) is 0 Å². The van der Waals surface area contributed by atoms with Crippen LogP contribution < -0.4 is 5.32 Å². The van der Waals surface area contributed by atoms with Crippen molar-refractivity contribution in [1.82, 2.24) is 0 Å². The van der Waals surface area contributed by atoms with Gasteiger partial charge in [-0.2, -0.15) is 0 Å². The number of anilines is 1. The van der Waals surface area contributed by atoms with E-state index in [2.05, 4.69) is 17.4 Å². The van der Waals surface area contributed by atoms with E-state index in [1.54, 1.807) is 13.8 Å². The lowest BCUT2D eigenvalue weighted by Gasteiger charge is -2.27. The lowest BCUT2D eigenvalue weighted by atomic mass is 9.83. The quantitative estimate of drug-likeness (QED) is 0.871. The normalized spacial score (nSPS) is 16.1. The van der Waals surface area contributed by atoms with E-state index < -0.39 is 11.4 Å². The number of nitrogens with one attached hydrogen (secondary N) is 1. The first-order chi connectivity index (χ1) is 10.5. The van der Waals surface area contributed by atoms with Crippen LogP contribution in [0.3, 0.4) is 0 Å². The van der Waals surface area contributed by atoms with Gasteiger partial charge in [0.2, 0.25) is 0 Å². The first-order valence-electron chi connectivity index (χ1n) is 7.62. The molecule has 2 aromatic rings. The first kappa shape index (κ1) is 14.6. The van der Waals surface area contributed by atoms with Crippen LogP contribution >= 0.6 is 0 Å². The van der Waals surface area contributed by atoms with E-state index in [1.807, 2.05) is 42.5 Å². The average Bonchev–Trinajstić information content (AvgIpc) is 3.29. The zero-order valence-corrected chi connectivity index (χ0v) is 13.0. The number of carbonyl (C=O) groups is 1. The monoisotopic (exact) mass is 295 g/mol. The van der Waals surface area contributed by atoms with Crippen molar-refractivity contribution < 1.29 is 9.90 Å². The lowest BCUT2D eigenvalue weighted by molar-refractivity contribution is -0.142. The summed E-state index contributed by atoms with van der Waals surface area (Å²) < 4.78 is 0. The number of hydrogen-bond acceptors (Lipinski definition) is 2. The highest BCUT2D eigenvalue weighted by Crippen LogP contribution is 2.49. The average molecular weight is 295 g/mol. The molecule has 1 fully saturated rings. The van der Waals surface area contributed by atoms with E-state index in [-0.39, 0.29) is 5.54 Å².